The van der Waals surface area contributed by atoms with E-state index in [1.807, 2.05) is 0 Å². The topological polar surface area (TPSA) is 57.5 Å². The Morgan fingerprint density at radius 1 is 1.16 bits per heavy atom. The lowest BCUT2D eigenvalue weighted by molar-refractivity contribution is 0.0694. The minimum absolute atomic E-state index is 0.120. The SMILES string of the molecule is O=C(O)c1cc(-c2c(F)cc(F)cc2Cl)ccc1O. The number of benzene rings is 2. The van der Waals surface area contributed by atoms with Crippen molar-refractivity contribution >= 4 is 17.6 Å². The molecule has 2 rings (SSSR count). The number of carboxylic acid groups (broad SMARTS) is 1. The summed E-state index contributed by atoms with van der Waals surface area (Å²) in [7, 11) is 0. The molecule has 0 spiro atoms. The first-order valence-corrected chi connectivity index (χ1v) is 5.49. The normalized spacial score (nSPS) is 10.5. The van der Waals surface area contributed by atoms with Gasteiger partial charge >= 0.3 is 5.97 Å². The average Bonchev–Trinajstić information content (AvgIpc) is 2.29. The Balaban J connectivity index is 2.66. The summed E-state index contributed by atoms with van der Waals surface area (Å²) in [4.78, 5) is 10.9. The Hall–Kier alpha value is -2.14. The van der Waals surface area contributed by atoms with Crippen LogP contribution in [-0.2, 0) is 0 Å². The van der Waals surface area contributed by atoms with Gasteiger partial charge in [-0.3, -0.25) is 0 Å². The number of rotatable bonds is 2. The zero-order chi connectivity index (χ0) is 14.2. The van der Waals surface area contributed by atoms with E-state index < -0.39 is 28.9 Å². The maximum absolute atomic E-state index is 13.7. The van der Waals surface area contributed by atoms with E-state index in [-0.39, 0.29) is 16.1 Å². The minimum atomic E-state index is -1.36. The van der Waals surface area contributed by atoms with Crippen LogP contribution in [0.5, 0.6) is 5.75 Å². The molecule has 0 aliphatic carbocycles. The maximum atomic E-state index is 13.7. The molecule has 0 atom stereocenters. The monoisotopic (exact) mass is 284 g/mol. The Morgan fingerprint density at radius 2 is 1.84 bits per heavy atom. The van der Waals surface area contributed by atoms with Crippen LogP contribution in [0.3, 0.4) is 0 Å². The van der Waals surface area contributed by atoms with Crippen molar-refractivity contribution in [3.8, 4) is 16.9 Å². The molecular weight excluding hydrogens is 278 g/mol. The molecule has 3 nitrogen and oxygen atoms in total. The largest absolute Gasteiger partial charge is 0.507 e. The third kappa shape index (κ3) is 2.51. The summed E-state index contributed by atoms with van der Waals surface area (Å²) in [5.74, 6) is -3.55. The number of hydrogen-bond acceptors (Lipinski definition) is 2. The van der Waals surface area contributed by atoms with Crippen molar-refractivity contribution < 1.29 is 23.8 Å². The lowest BCUT2D eigenvalue weighted by atomic mass is 10.0. The van der Waals surface area contributed by atoms with Crippen LogP contribution in [0.4, 0.5) is 8.78 Å². The van der Waals surface area contributed by atoms with Gasteiger partial charge in [0.15, 0.2) is 0 Å². The molecule has 2 aromatic carbocycles. The second kappa shape index (κ2) is 4.85. The highest BCUT2D eigenvalue weighted by Gasteiger charge is 2.16. The van der Waals surface area contributed by atoms with Gasteiger partial charge in [0.25, 0.3) is 0 Å². The highest BCUT2D eigenvalue weighted by molar-refractivity contribution is 6.33. The predicted octanol–water partition coefficient (Wildman–Crippen LogP) is 3.69. The third-order valence-electron chi connectivity index (χ3n) is 2.52. The van der Waals surface area contributed by atoms with Gasteiger partial charge in [-0.05, 0) is 23.8 Å². The van der Waals surface area contributed by atoms with E-state index in [9.17, 15) is 18.7 Å². The number of carboxylic acids is 1. The fraction of sp³-hybridized carbons (Fsp3) is 0. The number of hydrogen-bond donors (Lipinski definition) is 2. The summed E-state index contributed by atoms with van der Waals surface area (Å²) >= 11 is 5.75. The quantitative estimate of drug-likeness (QED) is 0.884. The number of aromatic carboxylic acids is 1. The molecule has 19 heavy (non-hydrogen) atoms. The minimum Gasteiger partial charge on any atom is -0.507 e. The second-order valence-electron chi connectivity index (χ2n) is 3.78. The highest BCUT2D eigenvalue weighted by Crippen LogP contribution is 2.33. The number of phenols is 1. The smallest absolute Gasteiger partial charge is 0.339 e. The van der Waals surface area contributed by atoms with E-state index in [0.29, 0.717) is 6.07 Å². The van der Waals surface area contributed by atoms with E-state index in [4.69, 9.17) is 16.7 Å². The van der Waals surface area contributed by atoms with Gasteiger partial charge < -0.3 is 10.2 Å². The molecule has 0 saturated carbocycles. The molecule has 6 heteroatoms. The molecule has 0 aliphatic heterocycles. The van der Waals surface area contributed by atoms with Crippen molar-refractivity contribution in [3.05, 3.63) is 52.6 Å². The zero-order valence-corrected chi connectivity index (χ0v) is 10.1. The lowest BCUT2D eigenvalue weighted by Crippen LogP contribution is -1.98. The van der Waals surface area contributed by atoms with Crippen molar-refractivity contribution in [1.82, 2.24) is 0 Å². The average molecular weight is 285 g/mol. The van der Waals surface area contributed by atoms with Crippen LogP contribution in [0.1, 0.15) is 10.4 Å². The molecule has 0 saturated heterocycles. The van der Waals surface area contributed by atoms with Crippen LogP contribution in [0.25, 0.3) is 11.1 Å². The first kappa shape index (κ1) is 13.3. The highest BCUT2D eigenvalue weighted by atomic mass is 35.5. The standard InChI is InChI=1S/C13H7ClF2O3/c14-9-4-7(15)5-10(16)12(9)6-1-2-11(17)8(3-6)13(18)19/h1-5,17H,(H,18,19). The fourth-order valence-electron chi connectivity index (χ4n) is 1.68. The summed E-state index contributed by atoms with van der Waals surface area (Å²) in [6.07, 6.45) is 0. The van der Waals surface area contributed by atoms with E-state index >= 15 is 0 Å². The van der Waals surface area contributed by atoms with Crippen molar-refractivity contribution in [2.45, 2.75) is 0 Å². The Kier molecular flexibility index (Phi) is 3.40. The molecule has 2 aromatic rings. The summed E-state index contributed by atoms with van der Waals surface area (Å²) in [5, 5.41) is 18.1. The predicted molar refractivity (Wildman–Crippen MR) is 65.4 cm³/mol. The van der Waals surface area contributed by atoms with Gasteiger partial charge in [-0.25, -0.2) is 13.6 Å². The molecule has 0 radical (unpaired) electrons. The Bertz CT molecular complexity index is 648. The first-order valence-electron chi connectivity index (χ1n) is 5.11. The van der Waals surface area contributed by atoms with Gasteiger partial charge in [0.05, 0.1) is 5.02 Å². The first-order chi connectivity index (χ1) is 8.90. The molecular formula is C13H7ClF2O3. The molecule has 0 aliphatic rings. The molecule has 0 fully saturated rings. The van der Waals surface area contributed by atoms with Crippen LogP contribution in [0.2, 0.25) is 5.02 Å². The van der Waals surface area contributed by atoms with E-state index in [0.717, 1.165) is 18.2 Å². The summed E-state index contributed by atoms with van der Waals surface area (Å²) in [6, 6.07) is 5.05. The Labute approximate surface area is 111 Å². The molecule has 0 amide bonds. The molecule has 0 unspecified atom stereocenters. The third-order valence-corrected chi connectivity index (χ3v) is 2.82. The van der Waals surface area contributed by atoms with Gasteiger partial charge in [-0.15, -0.1) is 0 Å². The fourth-order valence-corrected chi connectivity index (χ4v) is 1.98. The molecule has 2 N–H and O–H groups in total. The van der Waals surface area contributed by atoms with Gasteiger partial charge in [0, 0.05) is 11.6 Å². The molecule has 0 bridgehead atoms. The van der Waals surface area contributed by atoms with Gasteiger partial charge in [-0.1, -0.05) is 17.7 Å². The second-order valence-corrected chi connectivity index (χ2v) is 4.19. The van der Waals surface area contributed by atoms with Crippen LogP contribution >= 0.6 is 11.6 Å². The molecule has 0 heterocycles. The Morgan fingerprint density at radius 3 is 2.42 bits per heavy atom. The van der Waals surface area contributed by atoms with Crippen molar-refractivity contribution in [1.29, 1.82) is 0 Å². The van der Waals surface area contributed by atoms with Crippen molar-refractivity contribution in [3.63, 3.8) is 0 Å². The molecule has 0 aromatic heterocycles. The zero-order valence-electron chi connectivity index (χ0n) is 9.32. The van der Waals surface area contributed by atoms with E-state index in [1.54, 1.807) is 0 Å². The summed E-state index contributed by atoms with van der Waals surface area (Å²) in [6.45, 7) is 0. The van der Waals surface area contributed by atoms with Crippen LogP contribution in [-0.4, -0.2) is 16.2 Å². The van der Waals surface area contributed by atoms with E-state index in [2.05, 4.69) is 0 Å². The van der Waals surface area contributed by atoms with Crippen LogP contribution in [0.15, 0.2) is 30.3 Å². The van der Waals surface area contributed by atoms with E-state index in [1.165, 1.54) is 6.07 Å². The van der Waals surface area contributed by atoms with Gasteiger partial charge in [-0.2, -0.15) is 0 Å². The van der Waals surface area contributed by atoms with Crippen LogP contribution in [0, 0.1) is 11.6 Å². The lowest BCUT2D eigenvalue weighted by Gasteiger charge is -2.08. The number of halogens is 3. The summed E-state index contributed by atoms with van der Waals surface area (Å²) in [5.41, 5.74) is -0.374. The molecule has 98 valence electrons. The number of carbonyl (C=O) groups is 1. The van der Waals surface area contributed by atoms with Gasteiger partial charge in [0.1, 0.15) is 22.9 Å². The van der Waals surface area contributed by atoms with Crippen LogP contribution < -0.4 is 0 Å². The summed E-state index contributed by atoms with van der Waals surface area (Å²) < 4.78 is 26.6. The number of aromatic hydroxyl groups is 1. The van der Waals surface area contributed by atoms with Crippen molar-refractivity contribution in [2.75, 3.05) is 0 Å². The van der Waals surface area contributed by atoms with Gasteiger partial charge in [0.2, 0.25) is 0 Å². The maximum Gasteiger partial charge on any atom is 0.339 e. The van der Waals surface area contributed by atoms with Crippen molar-refractivity contribution in [2.24, 2.45) is 0 Å².